The van der Waals surface area contributed by atoms with Gasteiger partial charge in [-0.05, 0) is 122 Å². The molecule has 5 N–H and O–H groups in total. The van der Waals surface area contributed by atoms with Gasteiger partial charge in [-0.15, -0.1) is 13.2 Å². The van der Waals surface area contributed by atoms with Gasteiger partial charge in [0.1, 0.15) is 0 Å². The van der Waals surface area contributed by atoms with Crippen LogP contribution in [-0.4, -0.2) is 12.2 Å². The summed E-state index contributed by atoms with van der Waals surface area (Å²) in [5, 5.41) is 9.45. The van der Waals surface area contributed by atoms with Crippen molar-refractivity contribution >= 4 is 35.2 Å². The van der Waals surface area contributed by atoms with Crippen LogP contribution >= 0.6 is 0 Å². The molecule has 0 aliphatic heterocycles. The van der Waals surface area contributed by atoms with Gasteiger partial charge < -0.3 is 16.6 Å². The van der Waals surface area contributed by atoms with E-state index in [9.17, 15) is 0 Å². The van der Waals surface area contributed by atoms with Crippen LogP contribution in [0.5, 0.6) is 0 Å². The van der Waals surface area contributed by atoms with Crippen LogP contribution in [0.2, 0.25) is 0 Å². The number of nitrogen functional groups attached to an aromatic ring is 1. The smallest absolute Gasteiger partial charge is 0.0350 e. The zero-order valence-corrected chi connectivity index (χ0v) is 38.5. The summed E-state index contributed by atoms with van der Waals surface area (Å²) in [4.78, 5) is 0. The number of aliphatic hydroxyl groups is 1. The highest BCUT2D eigenvalue weighted by Gasteiger charge is 2.09. The maximum Gasteiger partial charge on any atom is 0.0350 e. The Kier molecular flexibility index (Phi) is 21.8. The first-order valence-corrected chi connectivity index (χ1v) is 22.5. The Labute approximate surface area is 389 Å². The molecule has 0 aromatic heterocycles. The molecule has 330 valence electrons. The van der Waals surface area contributed by atoms with Crippen molar-refractivity contribution in [1.82, 2.24) is 0 Å². The lowest BCUT2D eigenvalue weighted by atomic mass is 9.92. The first kappa shape index (κ1) is 50.2. The molecule has 0 spiro atoms. The van der Waals surface area contributed by atoms with Gasteiger partial charge >= 0.3 is 0 Å². The molecule has 7 aromatic carbocycles. The summed E-state index contributed by atoms with van der Waals surface area (Å²) in [6.45, 7) is 14.6. The molecule has 3 nitrogen and oxygen atoms in total. The second-order valence-corrected chi connectivity index (χ2v) is 14.9. The van der Waals surface area contributed by atoms with E-state index in [4.69, 9.17) is 16.6 Å². The highest BCUT2D eigenvalue weighted by atomic mass is 16.2. The van der Waals surface area contributed by atoms with Crippen molar-refractivity contribution in [3.63, 3.8) is 0 Å². The van der Waals surface area contributed by atoms with Crippen molar-refractivity contribution in [2.24, 2.45) is 5.73 Å². The molecule has 0 radical (unpaired) electrons. The minimum atomic E-state index is 0.801. The third-order valence-corrected chi connectivity index (χ3v) is 10.7. The quantitative estimate of drug-likeness (QED) is 0.119. The lowest BCUT2D eigenvalue weighted by Crippen LogP contribution is -2.23. The number of hydrogen-bond donors (Lipinski definition) is 3. The summed E-state index contributed by atoms with van der Waals surface area (Å²) in [5.41, 5.74) is 27.0. The van der Waals surface area contributed by atoms with E-state index in [0.717, 1.165) is 61.7 Å². The van der Waals surface area contributed by atoms with Crippen LogP contribution in [0, 0.1) is 0 Å². The second-order valence-electron chi connectivity index (χ2n) is 14.9. The van der Waals surface area contributed by atoms with Crippen molar-refractivity contribution in [3.8, 4) is 22.3 Å². The number of benzene rings is 7. The lowest BCUT2D eigenvalue weighted by Gasteiger charge is -2.13. The Morgan fingerprint density at radius 1 is 0.585 bits per heavy atom. The Balaban J connectivity index is 0.000000408. The zero-order chi connectivity index (χ0) is 46.7. The SMILES string of the molecule is C=C.C=C1/C=c2/cccc/c2=C/CCc2ccccc2/C=C\C=C/CCc2cc(-c3ccc(/C(N)=C/Cc4ccccc4)cc3)ccc21.CC.CO.Nc1ccc(-c2ccccc2)cc1. The third-order valence-electron chi connectivity index (χ3n) is 10.7. The number of hydrogen-bond acceptors (Lipinski definition) is 3. The molecule has 1 aliphatic carbocycles. The normalized spacial score (nSPS) is 14.0. The first-order chi connectivity index (χ1) is 32.0. The topological polar surface area (TPSA) is 72.3 Å². The van der Waals surface area contributed by atoms with Crippen molar-refractivity contribution in [1.29, 1.82) is 0 Å². The second kappa shape index (κ2) is 28.3. The predicted octanol–water partition coefficient (Wildman–Crippen LogP) is 13.7. The van der Waals surface area contributed by atoms with E-state index in [0.29, 0.717) is 0 Å². The van der Waals surface area contributed by atoms with Gasteiger partial charge in [0, 0.05) is 18.5 Å². The van der Waals surface area contributed by atoms with Gasteiger partial charge in [0.2, 0.25) is 0 Å². The van der Waals surface area contributed by atoms with Gasteiger partial charge in [0.25, 0.3) is 0 Å². The number of allylic oxidation sites excluding steroid dienone is 5. The summed E-state index contributed by atoms with van der Waals surface area (Å²) >= 11 is 0. The van der Waals surface area contributed by atoms with Crippen LogP contribution in [0.3, 0.4) is 0 Å². The van der Waals surface area contributed by atoms with E-state index in [-0.39, 0.29) is 0 Å². The lowest BCUT2D eigenvalue weighted by molar-refractivity contribution is 0.399. The number of anilines is 1. The number of nitrogens with two attached hydrogens (primary N) is 2. The molecular weight excluding hydrogens is 789 g/mol. The average Bonchev–Trinajstić information content (AvgIpc) is 3.38. The fraction of sp³-hybridized carbons (Fsp3) is 0.129. The first-order valence-electron chi connectivity index (χ1n) is 22.5. The molecule has 0 bridgehead atoms. The Hall–Kier alpha value is -7.46. The number of rotatable bonds is 5. The maximum atomic E-state index is 7.00. The number of aryl methyl sites for hydroxylation is 2. The van der Waals surface area contributed by atoms with Crippen molar-refractivity contribution in [2.45, 2.75) is 46.0 Å². The summed E-state index contributed by atoms with van der Waals surface area (Å²) in [6, 6.07) is 61.3. The zero-order valence-electron chi connectivity index (χ0n) is 38.5. The van der Waals surface area contributed by atoms with Gasteiger partial charge in [-0.25, -0.2) is 0 Å². The van der Waals surface area contributed by atoms with E-state index in [2.05, 4.69) is 190 Å². The molecule has 1 aliphatic rings. The molecular formula is C62H66N2O. The largest absolute Gasteiger partial charge is 0.400 e. The number of fused-ring (bicyclic) bond motifs is 3. The molecule has 0 heterocycles. The van der Waals surface area contributed by atoms with Crippen LogP contribution < -0.4 is 21.9 Å². The summed E-state index contributed by atoms with van der Waals surface area (Å²) in [5.74, 6) is 0. The van der Waals surface area contributed by atoms with E-state index in [1.54, 1.807) is 0 Å². The highest BCUT2D eigenvalue weighted by Crippen LogP contribution is 2.29. The highest BCUT2D eigenvalue weighted by molar-refractivity contribution is 5.89. The fourth-order valence-corrected chi connectivity index (χ4v) is 7.39. The summed E-state index contributed by atoms with van der Waals surface area (Å²) in [7, 11) is 1.00. The molecule has 0 saturated carbocycles. The minimum Gasteiger partial charge on any atom is -0.400 e. The van der Waals surface area contributed by atoms with Crippen LogP contribution in [0.15, 0.2) is 220 Å². The molecule has 8 rings (SSSR count). The van der Waals surface area contributed by atoms with Crippen molar-refractivity contribution in [3.05, 3.63) is 264 Å². The summed E-state index contributed by atoms with van der Waals surface area (Å²) in [6.07, 6.45) is 20.2. The Morgan fingerprint density at radius 2 is 1.14 bits per heavy atom. The molecule has 0 amide bonds. The van der Waals surface area contributed by atoms with Gasteiger partial charge in [-0.2, -0.15) is 0 Å². The standard InChI is InChI=1S/C45H41N.C12H11N.C2H6.C2H4.CH4O/c1-34-32-41-20-12-11-19-38(41)23-13-22-37-18-10-9-17-36(37)16-7-2-3-8-21-43-33-42(29-30-44(34)43)39-25-27-40(28-26-39)45(46)31-24-35-14-5-4-6-15-35;13-12-8-6-11(7-9-12)10-4-2-1-3-5-10;3*1-2/h2-7,9-12,14-20,23,25-33H,1,8,13,21-22,24,46H2;1-9H,13H2;1-2H3;1-2H2;2H,1H3/b3-2-,16-7-,38-23-,41-32-,45-31-;;;;. The Bertz CT molecular complexity index is 2710. The molecule has 3 heteroatoms. The van der Waals surface area contributed by atoms with E-state index < -0.39 is 0 Å². The minimum absolute atomic E-state index is 0.801. The van der Waals surface area contributed by atoms with E-state index >= 15 is 0 Å². The molecule has 0 fully saturated rings. The van der Waals surface area contributed by atoms with Gasteiger partial charge in [0.15, 0.2) is 0 Å². The van der Waals surface area contributed by atoms with E-state index in [1.165, 1.54) is 60.5 Å². The summed E-state index contributed by atoms with van der Waals surface area (Å²) < 4.78 is 0. The van der Waals surface area contributed by atoms with Crippen LogP contribution in [0.25, 0.3) is 51.8 Å². The molecule has 0 unspecified atom stereocenters. The van der Waals surface area contributed by atoms with Crippen molar-refractivity contribution in [2.75, 3.05) is 12.8 Å². The average molecular weight is 855 g/mol. The van der Waals surface area contributed by atoms with Crippen LogP contribution in [0.4, 0.5) is 5.69 Å². The molecule has 0 saturated heterocycles. The predicted molar refractivity (Wildman–Crippen MR) is 286 cm³/mol. The Morgan fingerprint density at radius 3 is 1.85 bits per heavy atom. The van der Waals surface area contributed by atoms with Crippen LogP contribution in [0.1, 0.15) is 60.1 Å². The maximum absolute atomic E-state index is 7.00. The molecule has 65 heavy (non-hydrogen) atoms. The molecule has 0 atom stereocenters. The fourth-order valence-electron chi connectivity index (χ4n) is 7.39. The monoisotopic (exact) mass is 855 g/mol. The van der Waals surface area contributed by atoms with Crippen molar-refractivity contribution < 1.29 is 5.11 Å². The van der Waals surface area contributed by atoms with Gasteiger partial charge in [0.05, 0.1) is 0 Å². The molecule has 7 aromatic rings. The number of aliphatic hydroxyl groups excluding tert-OH is 1. The van der Waals surface area contributed by atoms with E-state index in [1.807, 2.05) is 62.4 Å². The van der Waals surface area contributed by atoms with Gasteiger partial charge in [-0.3, -0.25) is 0 Å². The third kappa shape index (κ3) is 15.7. The van der Waals surface area contributed by atoms with Gasteiger partial charge in [-0.1, -0.05) is 221 Å². The van der Waals surface area contributed by atoms with Crippen LogP contribution in [-0.2, 0) is 19.3 Å².